The Hall–Kier alpha value is -2.15. The third kappa shape index (κ3) is 4.16. The Morgan fingerprint density at radius 2 is 2.19 bits per heavy atom. The molecule has 1 aliphatic rings. The maximum absolute atomic E-state index is 12.0. The Morgan fingerprint density at radius 3 is 2.81 bits per heavy atom. The lowest BCUT2D eigenvalue weighted by atomic mass is 10.1. The van der Waals surface area contributed by atoms with Crippen molar-refractivity contribution in [2.75, 3.05) is 26.7 Å². The summed E-state index contributed by atoms with van der Waals surface area (Å²) in [5.41, 5.74) is -0.0465. The molecular formula is C14H19N3O4. The van der Waals surface area contributed by atoms with E-state index in [1.807, 2.05) is 7.05 Å². The molecule has 0 aliphatic carbocycles. The van der Waals surface area contributed by atoms with Gasteiger partial charge in [0.05, 0.1) is 11.0 Å². The summed E-state index contributed by atoms with van der Waals surface area (Å²) in [4.78, 5) is 24.0. The number of likely N-dealkylation sites (tertiary alicyclic amines) is 1. The largest absolute Gasteiger partial charge is 0.484 e. The average Bonchev–Trinajstić information content (AvgIpc) is 2.53. The molecule has 21 heavy (non-hydrogen) atoms. The quantitative estimate of drug-likeness (QED) is 0.651. The molecule has 0 radical (unpaired) electrons. The number of carbonyl (C=O) groups is 1. The van der Waals surface area contributed by atoms with E-state index in [4.69, 9.17) is 4.74 Å². The highest BCUT2D eigenvalue weighted by Crippen LogP contribution is 2.19. The predicted molar refractivity (Wildman–Crippen MR) is 77.3 cm³/mol. The minimum absolute atomic E-state index is 0.0465. The molecule has 1 N–H and O–H groups in total. The van der Waals surface area contributed by atoms with Crippen LogP contribution < -0.4 is 10.1 Å². The van der Waals surface area contributed by atoms with Crippen molar-refractivity contribution in [3.8, 4) is 5.75 Å². The summed E-state index contributed by atoms with van der Waals surface area (Å²) >= 11 is 0. The second kappa shape index (κ2) is 7.03. The van der Waals surface area contributed by atoms with E-state index in [0.29, 0.717) is 24.9 Å². The summed E-state index contributed by atoms with van der Waals surface area (Å²) in [6.45, 7) is 1.33. The SMILES string of the molecule is CNC1CCN(C(=O)COc2cccc([N+](=O)[O-])c2)CC1. The molecule has 7 nitrogen and oxygen atoms in total. The highest BCUT2D eigenvalue weighted by molar-refractivity contribution is 5.77. The Kier molecular flexibility index (Phi) is 5.10. The second-order valence-corrected chi connectivity index (χ2v) is 4.99. The van der Waals surface area contributed by atoms with Gasteiger partial charge in [-0.1, -0.05) is 6.07 Å². The average molecular weight is 293 g/mol. The molecule has 0 saturated carbocycles. The number of rotatable bonds is 5. The fourth-order valence-corrected chi connectivity index (χ4v) is 2.34. The number of nitrogens with zero attached hydrogens (tertiary/aromatic N) is 2. The number of ether oxygens (including phenoxy) is 1. The molecule has 0 spiro atoms. The number of benzene rings is 1. The normalized spacial score (nSPS) is 15.8. The van der Waals surface area contributed by atoms with E-state index < -0.39 is 4.92 Å². The molecule has 2 rings (SSSR count). The predicted octanol–water partition coefficient (Wildman–Crippen LogP) is 1.18. The van der Waals surface area contributed by atoms with Crippen LogP contribution in [0.15, 0.2) is 24.3 Å². The van der Waals surface area contributed by atoms with Crippen molar-refractivity contribution in [2.45, 2.75) is 18.9 Å². The highest BCUT2D eigenvalue weighted by atomic mass is 16.6. The number of hydrogen-bond donors (Lipinski definition) is 1. The van der Waals surface area contributed by atoms with Crippen LogP contribution in [0.3, 0.4) is 0 Å². The second-order valence-electron chi connectivity index (χ2n) is 4.99. The first-order valence-electron chi connectivity index (χ1n) is 6.92. The van der Waals surface area contributed by atoms with Gasteiger partial charge in [-0.2, -0.15) is 0 Å². The van der Waals surface area contributed by atoms with E-state index in [2.05, 4.69) is 5.32 Å². The standard InChI is InChI=1S/C14H19N3O4/c1-15-11-5-7-16(8-6-11)14(18)10-21-13-4-2-3-12(9-13)17(19)20/h2-4,9,11,15H,5-8,10H2,1H3. The molecule has 1 aromatic carbocycles. The summed E-state index contributed by atoms with van der Waals surface area (Å²) in [5.74, 6) is 0.249. The van der Waals surface area contributed by atoms with E-state index in [-0.39, 0.29) is 18.2 Å². The Balaban J connectivity index is 1.84. The van der Waals surface area contributed by atoms with Crippen LogP contribution in [-0.2, 0) is 4.79 Å². The van der Waals surface area contributed by atoms with Gasteiger partial charge in [0.15, 0.2) is 6.61 Å². The maximum atomic E-state index is 12.0. The fraction of sp³-hybridized carbons (Fsp3) is 0.500. The first kappa shape index (κ1) is 15.2. The van der Waals surface area contributed by atoms with Crippen LogP contribution in [0.25, 0.3) is 0 Å². The summed E-state index contributed by atoms with van der Waals surface area (Å²) < 4.78 is 5.35. The van der Waals surface area contributed by atoms with Gasteiger partial charge in [0.25, 0.3) is 11.6 Å². The molecular weight excluding hydrogens is 274 g/mol. The van der Waals surface area contributed by atoms with E-state index in [1.54, 1.807) is 11.0 Å². The highest BCUT2D eigenvalue weighted by Gasteiger charge is 2.22. The monoisotopic (exact) mass is 293 g/mol. The van der Waals surface area contributed by atoms with Gasteiger partial charge in [-0.3, -0.25) is 14.9 Å². The van der Waals surface area contributed by atoms with Gasteiger partial charge in [0.1, 0.15) is 5.75 Å². The van der Waals surface area contributed by atoms with E-state index in [1.165, 1.54) is 18.2 Å². The maximum Gasteiger partial charge on any atom is 0.273 e. The fourth-order valence-electron chi connectivity index (χ4n) is 2.34. The summed E-state index contributed by atoms with van der Waals surface area (Å²) in [5, 5.41) is 13.9. The zero-order chi connectivity index (χ0) is 15.2. The van der Waals surface area contributed by atoms with Crippen molar-refractivity contribution >= 4 is 11.6 Å². The van der Waals surface area contributed by atoms with Crippen molar-refractivity contribution < 1.29 is 14.5 Å². The first-order valence-corrected chi connectivity index (χ1v) is 6.92. The molecule has 0 aromatic heterocycles. The lowest BCUT2D eigenvalue weighted by Crippen LogP contribution is -2.45. The molecule has 1 amide bonds. The smallest absolute Gasteiger partial charge is 0.273 e. The van der Waals surface area contributed by atoms with Gasteiger partial charge in [-0.25, -0.2) is 0 Å². The van der Waals surface area contributed by atoms with E-state index in [9.17, 15) is 14.9 Å². The van der Waals surface area contributed by atoms with Gasteiger partial charge in [-0.15, -0.1) is 0 Å². The molecule has 7 heteroatoms. The molecule has 0 bridgehead atoms. The van der Waals surface area contributed by atoms with Gasteiger partial charge < -0.3 is 15.0 Å². The van der Waals surface area contributed by atoms with Crippen LogP contribution >= 0.6 is 0 Å². The van der Waals surface area contributed by atoms with Crippen molar-refractivity contribution in [2.24, 2.45) is 0 Å². The molecule has 1 fully saturated rings. The number of non-ortho nitro benzene ring substituents is 1. The van der Waals surface area contributed by atoms with Crippen LogP contribution in [0.2, 0.25) is 0 Å². The number of nitrogens with one attached hydrogen (secondary N) is 1. The molecule has 1 aliphatic heterocycles. The van der Waals surface area contributed by atoms with Crippen molar-refractivity contribution in [3.05, 3.63) is 34.4 Å². The van der Waals surface area contributed by atoms with Crippen molar-refractivity contribution in [3.63, 3.8) is 0 Å². The number of nitro benzene ring substituents is 1. The Bertz CT molecular complexity index is 513. The summed E-state index contributed by atoms with van der Waals surface area (Å²) in [6, 6.07) is 6.31. The molecule has 1 heterocycles. The van der Waals surface area contributed by atoms with Gasteiger partial charge in [-0.05, 0) is 26.0 Å². The van der Waals surface area contributed by atoms with Gasteiger partial charge >= 0.3 is 0 Å². The molecule has 1 aromatic rings. The Morgan fingerprint density at radius 1 is 1.48 bits per heavy atom. The number of piperidine rings is 1. The van der Waals surface area contributed by atoms with Crippen molar-refractivity contribution in [1.82, 2.24) is 10.2 Å². The molecule has 1 saturated heterocycles. The number of hydrogen-bond acceptors (Lipinski definition) is 5. The zero-order valence-electron chi connectivity index (χ0n) is 11.9. The van der Waals surface area contributed by atoms with Crippen LogP contribution in [0.1, 0.15) is 12.8 Å². The number of amides is 1. The minimum Gasteiger partial charge on any atom is -0.484 e. The van der Waals surface area contributed by atoms with Crippen LogP contribution in [0.5, 0.6) is 5.75 Å². The molecule has 0 unspecified atom stereocenters. The topological polar surface area (TPSA) is 84.7 Å². The Labute approximate surface area is 123 Å². The molecule has 114 valence electrons. The van der Waals surface area contributed by atoms with Crippen LogP contribution in [-0.4, -0.2) is 48.5 Å². The number of carbonyl (C=O) groups excluding carboxylic acids is 1. The van der Waals surface area contributed by atoms with Crippen molar-refractivity contribution in [1.29, 1.82) is 0 Å². The minimum atomic E-state index is -0.489. The summed E-state index contributed by atoms with van der Waals surface area (Å²) in [7, 11) is 1.92. The van der Waals surface area contributed by atoms with E-state index >= 15 is 0 Å². The van der Waals surface area contributed by atoms with Crippen LogP contribution in [0.4, 0.5) is 5.69 Å². The molecule has 0 atom stereocenters. The lowest BCUT2D eigenvalue weighted by Gasteiger charge is -2.31. The lowest BCUT2D eigenvalue weighted by molar-refractivity contribution is -0.384. The number of nitro groups is 1. The first-order chi connectivity index (χ1) is 10.1. The third-order valence-corrected chi connectivity index (χ3v) is 3.65. The van der Waals surface area contributed by atoms with E-state index in [0.717, 1.165) is 12.8 Å². The zero-order valence-corrected chi connectivity index (χ0v) is 11.9. The summed E-state index contributed by atoms with van der Waals surface area (Å²) in [6.07, 6.45) is 1.86. The van der Waals surface area contributed by atoms with Gasteiger partial charge in [0, 0.05) is 25.2 Å². The van der Waals surface area contributed by atoms with Crippen LogP contribution in [0, 0.1) is 10.1 Å². The third-order valence-electron chi connectivity index (χ3n) is 3.65. The van der Waals surface area contributed by atoms with Gasteiger partial charge in [0.2, 0.25) is 0 Å².